The van der Waals surface area contributed by atoms with Crippen molar-refractivity contribution in [3.63, 3.8) is 0 Å². The molecule has 1 aromatic heterocycles. The van der Waals surface area contributed by atoms with E-state index in [9.17, 15) is 14.4 Å². The van der Waals surface area contributed by atoms with E-state index in [1.807, 2.05) is 13.8 Å². The molecule has 3 amide bonds. The number of amides is 3. The number of ether oxygens (including phenoxy) is 1. The van der Waals surface area contributed by atoms with Gasteiger partial charge in [-0.15, -0.1) is 0 Å². The van der Waals surface area contributed by atoms with Gasteiger partial charge in [-0.1, -0.05) is 19.8 Å². The molecule has 0 saturated heterocycles. The summed E-state index contributed by atoms with van der Waals surface area (Å²) < 4.78 is 7.26. The maximum atomic E-state index is 12.3. The zero-order valence-electron chi connectivity index (χ0n) is 16.3. The van der Waals surface area contributed by atoms with Crippen LogP contribution < -0.4 is 10.6 Å². The average Bonchev–Trinajstić information content (AvgIpc) is 3.40. The van der Waals surface area contributed by atoms with E-state index >= 15 is 0 Å². The fraction of sp³-hybridized carbons (Fsp3) is 0.650. The summed E-state index contributed by atoms with van der Waals surface area (Å²) in [6, 6.07) is 1.83. The maximum Gasteiger partial charge on any atom is 0.340 e. The van der Waals surface area contributed by atoms with Gasteiger partial charge in [0.1, 0.15) is 0 Å². The second-order valence-electron chi connectivity index (χ2n) is 7.85. The first-order valence-electron chi connectivity index (χ1n) is 9.82. The van der Waals surface area contributed by atoms with E-state index in [1.165, 1.54) is 6.42 Å². The summed E-state index contributed by atoms with van der Waals surface area (Å²) in [5, 5.41) is 5.09. The molecule has 7 nitrogen and oxygen atoms in total. The molecule has 2 saturated carbocycles. The van der Waals surface area contributed by atoms with Crippen molar-refractivity contribution in [1.82, 2.24) is 15.2 Å². The molecule has 1 heterocycles. The fourth-order valence-electron chi connectivity index (χ4n) is 3.99. The second kappa shape index (κ2) is 8.15. The summed E-state index contributed by atoms with van der Waals surface area (Å²) in [6.07, 6.45) is 6.52. The summed E-state index contributed by atoms with van der Waals surface area (Å²) in [6.45, 7) is 5.48. The Morgan fingerprint density at radius 2 is 1.85 bits per heavy atom. The summed E-state index contributed by atoms with van der Waals surface area (Å²) in [7, 11) is 0. The highest BCUT2D eigenvalue weighted by Crippen LogP contribution is 2.38. The Morgan fingerprint density at radius 1 is 1.15 bits per heavy atom. The van der Waals surface area contributed by atoms with Crippen LogP contribution in [0.3, 0.4) is 0 Å². The van der Waals surface area contributed by atoms with E-state index in [0.29, 0.717) is 17.5 Å². The molecule has 0 unspecified atom stereocenters. The van der Waals surface area contributed by atoms with Crippen LogP contribution in [0.4, 0.5) is 4.79 Å². The third-order valence-electron chi connectivity index (χ3n) is 5.63. The SMILES string of the molecule is Cc1cc(C(=O)OCC(=O)NC(=O)N[C@@H]2CCCC[C@@H]2C)c(C)n1C1CC1. The minimum atomic E-state index is -0.625. The molecule has 148 valence electrons. The predicted octanol–water partition coefficient (Wildman–Crippen LogP) is 3.00. The molecular weight excluding hydrogens is 346 g/mol. The second-order valence-corrected chi connectivity index (χ2v) is 7.85. The largest absolute Gasteiger partial charge is 0.452 e. The van der Waals surface area contributed by atoms with Crippen LogP contribution in [0.25, 0.3) is 0 Å². The quantitative estimate of drug-likeness (QED) is 0.774. The molecule has 7 heteroatoms. The molecule has 2 N–H and O–H groups in total. The number of nitrogens with one attached hydrogen (secondary N) is 2. The number of carbonyl (C=O) groups excluding carboxylic acids is 3. The summed E-state index contributed by atoms with van der Waals surface area (Å²) >= 11 is 0. The lowest BCUT2D eigenvalue weighted by Gasteiger charge is -2.29. The third kappa shape index (κ3) is 4.70. The summed E-state index contributed by atoms with van der Waals surface area (Å²) in [4.78, 5) is 36.2. The van der Waals surface area contributed by atoms with Gasteiger partial charge >= 0.3 is 12.0 Å². The van der Waals surface area contributed by atoms with Crippen molar-refractivity contribution < 1.29 is 19.1 Å². The van der Waals surface area contributed by atoms with Gasteiger partial charge in [0.05, 0.1) is 5.56 Å². The minimum absolute atomic E-state index is 0.0851. The highest BCUT2D eigenvalue weighted by atomic mass is 16.5. The summed E-state index contributed by atoms with van der Waals surface area (Å²) in [5.74, 6) is -0.758. The number of imide groups is 1. The number of hydrogen-bond acceptors (Lipinski definition) is 4. The Hall–Kier alpha value is -2.31. The molecule has 0 spiro atoms. The maximum absolute atomic E-state index is 12.3. The lowest BCUT2D eigenvalue weighted by molar-refractivity contribution is -0.123. The van der Waals surface area contributed by atoms with Crippen molar-refractivity contribution in [2.45, 2.75) is 71.4 Å². The molecule has 1 aromatic rings. The van der Waals surface area contributed by atoms with Gasteiger partial charge in [-0.05, 0) is 51.5 Å². The zero-order chi connectivity index (χ0) is 19.6. The van der Waals surface area contributed by atoms with Crippen molar-refractivity contribution >= 4 is 17.9 Å². The molecule has 2 aliphatic rings. The average molecular weight is 375 g/mol. The van der Waals surface area contributed by atoms with Gasteiger partial charge in [0.15, 0.2) is 6.61 Å². The molecule has 2 fully saturated rings. The molecule has 0 bridgehead atoms. The van der Waals surface area contributed by atoms with Crippen LogP contribution in [-0.2, 0) is 9.53 Å². The van der Waals surface area contributed by atoms with Crippen LogP contribution in [0.15, 0.2) is 6.07 Å². The number of aryl methyl sites for hydroxylation is 1. The Morgan fingerprint density at radius 3 is 2.52 bits per heavy atom. The number of urea groups is 1. The van der Waals surface area contributed by atoms with Crippen molar-refractivity contribution in [3.05, 3.63) is 23.0 Å². The topological polar surface area (TPSA) is 89.4 Å². The van der Waals surface area contributed by atoms with E-state index in [-0.39, 0.29) is 6.04 Å². The van der Waals surface area contributed by atoms with E-state index in [0.717, 1.165) is 43.5 Å². The van der Waals surface area contributed by atoms with Crippen LogP contribution in [0.2, 0.25) is 0 Å². The molecular formula is C20H29N3O4. The zero-order valence-corrected chi connectivity index (χ0v) is 16.3. The number of carbonyl (C=O) groups is 3. The van der Waals surface area contributed by atoms with Crippen LogP contribution >= 0.6 is 0 Å². The molecule has 0 radical (unpaired) electrons. The number of hydrogen-bond donors (Lipinski definition) is 2. The first kappa shape index (κ1) is 19.5. The monoisotopic (exact) mass is 375 g/mol. The first-order chi connectivity index (χ1) is 12.9. The van der Waals surface area contributed by atoms with E-state index < -0.39 is 24.5 Å². The summed E-state index contributed by atoms with van der Waals surface area (Å²) in [5.41, 5.74) is 2.37. The molecule has 0 aliphatic heterocycles. The lowest BCUT2D eigenvalue weighted by atomic mass is 9.86. The van der Waals surface area contributed by atoms with Crippen molar-refractivity contribution in [3.8, 4) is 0 Å². The van der Waals surface area contributed by atoms with Gasteiger partial charge < -0.3 is 14.6 Å². The van der Waals surface area contributed by atoms with Gasteiger partial charge in [-0.3, -0.25) is 10.1 Å². The van der Waals surface area contributed by atoms with Crippen LogP contribution in [0, 0.1) is 19.8 Å². The third-order valence-corrected chi connectivity index (χ3v) is 5.63. The Labute approximate surface area is 159 Å². The fourth-order valence-corrected chi connectivity index (χ4v) is 3.99. The van der Waals surface area contributed by atoms with Gasteiger partial charge in [0.2, 0.25) is 0 Å². The molecule has 27 heavy (non-hydrogen) atoms. The number of esters is 1. The Bertz CT molecular complexity index is 736. The predicted molar refractivity (Wildman–Crippen MR) is 101 cm³/mol. The van der Waals surface area contributed by atoms with Gasteiger partial charge in [0.25, 0.3) is 5.91 Å². The van der Waals surface area contributed by atoms with E-state index in [4.69, 9.17) is 4.74 Å². The van der Waals surface area contributed by atoms with Crippen LogP contribution in [0.1, 0.15) is 73.2 Å². The Kier molecular flexibility index (Phi) is 5.87. The van der Waals surface area contributed by atoms with Crippen molar-refractivity contribution in [1.29, 1.82) is 0 Å². The molecule has 3 rings (SSSR count). The van der Waals surface area contributed by atoms with E-state index in [1.54, 1.807) is 6.07 Å². The molecule has 0 aromatic carbocycles. The molecule has 2 atom stereocenters. The lowest BCUT2D eigenvalue weighted by Crippen LogP contribution is -2.48. The molecule has 2 aliphatic carbocycles. The van der Waals surface area contributed by atoms with Crippen molar-refractivity contribution in [2.24, 2.45) is 5.92 Å². The van der Waals surface area contributed by atoms with E-state index in [2.05, 4.69) is 22.1 Å². The van der Waals surface area contributed by atoms with Gasteiger partial charge in [0, 0.05) is 23.5 Å². The number of rotatable bonds is 5. The van der Waals surface area contributed by atoms with Crippen LogP contribution in [0.5, 0.6) is 0 Å². The number of nitrogens with zero attached hydrogens (tertiary/aromatic N) is 1. The Balaban J connectivity index is 1.46. The highest BCUT2D eigenvalue weighted by molar-refractivity contribution is 5.97. The van der Waals surface area contributed by atoms with Crippen molar-refractivity contribution in [2.75, 3.05) is 6.61 Å². The minimum Gasteiger partial charge on any atom is -0.452 e. The highest BCUT2D eigenvalue weighted by Gasteiger charge is 2.29. The number of aromatic nitrogens is 1. The van der Waals surface area contributed by atoms with Crippen LogP contribution in [-0.4, -0.2) is 35.1 Å². The standard InChI is InChI=1S/C20H29N3O4/c1-12-6-4-5-7-17(12)21-20(26)22-18(24)11-27-19(25)16-10-13(2)23(14(16)3)15-8-9-15/h10,12,15,17H,4-9,11H2,1-3H3,(H2,21,22,24,26)/t12-,17+/m0/s1. The first-order valence-corrected chi connectivity index (χ1v) is 9.82. The van der Waals surface area contributed by atoms with Gasteiger partial charge in [-0.2, -0.15) is 0 Å². The normalized spacial score (nSPS) is 22.2. The smallest absolute Gasteiger partial charge is 0.340 e. The van der Waals surface area contributed by atoms with Gasteiger partial charge in [-0.25, -0.2) is 9.59 Å².